The SMILES string of the molecule is CC1CC(c2ccc(F)cc2)CN1Cc1ccc2oc(C(=O)O)cc2c1. The molecular formula is C21H20FNO3. The molecule has 0 amide bonds. The van der Waals surface area contributed by atoms with Gasteiger partial charge in [0.15, 0.2) is 0 Å². The van der Waals surface area contributed by atoms with E-state index in [1.165, 1.54) is 17.7 Å². The van der Waals surface area contributed by atoms with Gasteiger partial charge in [-0.15, -0.1) is 0 Å². The molecule has 26 heavy (non-hydrogen) atoms. The van der Waals surface area contributed by atoms with E-state index in [1.54, 1.807) is 6.07 Å². The van der Waals surface area contributed by atoms with Crippen molar-refractivity contribution in [2.45, 2.75) is 31.8 Å². The summed E-state index contributed by atoms with van der Waals surface area (Å²) in [6.45, 7) is 3.93. The Kier molecular flexibility index (Phi) is 4.24. The van der Waals surface area contributed by atoms with E-state index in [-0.39, 0.29) is 11.6 Å². The van der Waals surface area contributed by atoms with Gasteiger partial charge in [-0.05, 0) is 60.7 Å². The zero-order valence-corrected chi connectivity index (χ0v) is 14.5. The molecule has 3 aromatic rings. The third-order valence-corrected chi connectivity index (χ3v) is 5.22. The number of benzene rings is 2. The van der Waals surface area contributed by atoms with E-state index in [0.29, 0.717) is 17.5 Å². The average molecular weight is 353 g/mol. The number of halogens is 1. The summed E-state index contributed by atoms with van der Waals surface area (Å²) in [5.74, 6) is -0.895. The van der Waals surface area contributed by atoms with Gasteiger partial charge in [-0.3, -0.25) is 4.90 Å². The quantitative estimate of drug-likeness (QED) is 0.742. The molecule has 2 aromatic carbocycles. The van der Waals surface area contributed by atoms with Crippen molar-refractivity contribution in [3.63, 3.8) is 0 Å². The van der Waals surface area contributed by atoms with Crippen LogP contribution in [0.15, 0.2) is 52.9 Å². The summed E-state index contributed by atoms with van der Waals surface area (Å²) in [6, 6.07) is 14.6. The summed E-state index contributed by atoms with van der Waals surface area (Å²) in [4.78, 5) is 13.5. The normalized spacial score (nSPS) is 20.7. The zero-order valence-electron chi connectivity index (χ0n) is 14.5. The number of carbonyl (C=O) groups is 1. The van der Waals surface area contributed by atoms with Crippen LogP contribution in [0.25, 0.3) is 11.0 Å². The van der Waals surface area contributed by atoms with E-state index < -0.39 is 5.97 Å². The van der Waals surface area contributed by atoms with Crippen molar-refractivity contribution in [2.75, 3.05) is 6.54 Å². The first kappa shape index (κ1) is 16.8. The molecule has 0 saturated carbocycles. The van der Waals surface area contributed by atoms with Crippen molar-refractivity contribution in [3.8, 4) is 0 Å². The van der Waals surface area contributed by atoms with Crippen LogP contribution in [0.4, 0.5) is 4.39 Å². The number of aromatic carboxylic acids is 1. The highest BCUT2D eigenvalue weighted by Crippen LogP contribution is 2.33. The van der Waals surface area contributed by atoms with Crippen molar-refractivity contribution in [1.29, 1.82) is 0 Å². The van der Waals surface area contributed by atoms with Crippen molar-refractivity contribution < 1.29 is 18.7 Å². The second-order valence-electron chi connectivity index (χ2n) is 7.05. The van der Waals surface area contributed by atoms with Crippen LogP contribution in [0.5, 0.6) is 0 Å². The van der Waals surface area contributed by atoms with Crippen LogP contribution in [0.3, 0.4) is 0 Å². The second kappa shape index (κ2) is 6.57. The number of rotatable bonds is 4. The Morgan fingerprint density at radius 2 is 2.00 bits per heavy atom. The lowest BCUT2D eigenvalue weighted by molar-refractivity contribution is 0.0665. The van der Waals surface area contributed by atoms with Crippen LogP contribution < -0.4 is 0 Å². The highest BCUT2D eigenvalue weighted by Gasteiger charge is 2.30. The van der Waals surface area contributed by atoms with E-state index >= 15 is 0 Å². The first-order chi connectivity index (χ1) is 12.5. The first-order valence-electron chi connectivity index (χ1n) is 8.75. The molecule has 4 nitrogen and oxygen atoms in total. The largest absolute Gasteiger partial charge is 0.475 e. The molecule has 134 valence electrons. The fourth-order valence-electron chi connectivity index (χ4n) is 3.83. The number of likely N-dealkylation sites (tertiary alicyclic amines) is 1. The zero-order chi connectivity index (χ0) is 18.3. The van der Waals surface area contributed by atoms with Crippen molar-refractivity contribution >= 4 is 16.9 Å². The van der Waals surface area contributed by atoms with Gasteiger partial charge >= 0.3 is 5.97 Å². The third kappa shape index (κ3) is 3.22. The smallest absolute Gasteiger partial charge is 0.371 e. The summed E-state index contributed by atoms with van der Waals surface area (Å²) in [7, 11) is 0. The maximum Gasteiger partial charge on any atom is 0.371 e. The Bertz CT molecular complexity index is 948. The fraction of sp³-hybridized carbons (Fsp3) is 0.286. The van der Waals surface area contributed by atoms with Crippen LogP contribution in [0.1, 0.15) is 40.9 Å². The van der Waals surface area contributed by atoms with E-state index in [1.807, 2.05) is 30.3 Å². The maximum absolute atomic E-state index is 13.1. The number of fused-ring (bicyclic) bond motifs is 1. The predicted molar refractivity (Wildman–Crippen MR) is 96.8 cm³/mol. The molecule has 2 unspecified atom stereocenters. The van der Waals surface area contributed by atoms with Crippen LogP contribution >= 0.6 is 0 Å². The van der Waals surface area contributed by atoms with Gasteiger partial charge in [-0.25, -0.2) is 9.18 Å². The van der Waals surface area contributed by atoms with Gasteiger partial charge in [-0.2, -0.15) is 0 Å². The van der Waals surface area contributed by atoms with Gasteiger partial charge in [0.25, 0.3) is 0 Å². The monoisotopic (exact) mass is 353 g/mol. The van der Waals surface area contributed by atoms with Crippen molar-refractivity contribution in [1.82, 2.24) is 4.90 Å². The molecule has 0 aliphatic carbocycles. The molecule has 0 bridgehead atoms. The van der Waals surface area contributed by atoms with E-state index in [2.05, 4.69) is 11.8 Å². The maximum atomic E-state index is 13.1. The van der Waals surface area contributed by atoms with Crippen LogP contribution in [-0.4, -0.2) is 28.6 Å². The summed E-state index contributed by atoms with van der Waals surface area (Å²) < 4.78 is 18.5. The Hall–Kier alpha value is -2.66. The first-order valence-corrected chi connectivity index (χ1v) is 8.75. The van der Waals surface area contributed by atoms with E-state index in [4.69, 9.17) is 9.52 Å². The molecule has 1 N–H and O–H groups in total. The molecule has 1 aromatic heterocycles. The highest BCUT2D eigenvalue weighted by atomic mass is 19.1. The molecule has 0 radical (unpaired) electrons. The van der Waals surface area contributed by atoms with Gasteiger partial charge in [0.05, 0.1) is 0 Å². The standard InChI is InChI=1S/C21H20FNO3/c1-13-8-17(15-3-5-18(22)6-4-15)12-23(13)11-14-2-7-19-16(9-14)10-20(26-19)21(24)25/h2-7,9-10,13,17H,8,11-12H2,1H3,(H,24,25). The summed E-state index contributed by atoms with van der Waals surface area (Å²) in [6.07, 6.45) is 1.04. The molecular weight excluding hydrogens is 333 g/mol. The second-order valence-corrected chi connectivity index (χ2v) is 7.05. The molecule has 2 atom stereocenters. The molecule has 1 aliphatic heterocycles. The number of hydrogen-bond acceptors (Lipinski definition) is 3. The molecule has 2 heterocycles. The molecule has 0 spiro atoms. The van der Waals surface area contributed by atoms with Crippen LogP contribution in [0.2, 0.25) is 0 Å². The Labute approximate surface area is 150 Å². The van der Waals surface area contributed by atoms with E-state index in [0.717, 1.165) is 30.5 Å². The Balaban J connectivity index is 1.50. The number of carboxylic acids is 1. The number of furan rings is 1. The summed E-state index contributed by atoms with van der Waals surface area (Å²) in [5.41, 5.74) is 2.89. The Morgan fingerprint density at radius 1 is 1.23 bits per heavy atom. The van der Waals surface area contributed by atoms with Crippen molar-refractivity contribution in [3.05, 3.63) is 71.2 Å². The number of nitrogens with zero attached hydrogens (tertiary/aromatic N) is 1. The minimum Gasteiger partial charge on any atom is -0.475 e. The lowest BCUT2D eigenvalue weighted by atomic mass is 9.97. The van der Waals surface area contributed by atoms with Gasteiger partial charge in [0.1, 0.15) is 11.4 Å². The molecule has 1 aliphatic rings. The number of carboxylic acid groups (broad SMARTS) is 1. The lowest BCUT2D eigenvalue weighted by Crippen LogP contribution is -2.26. The van der Waals surface area contributed by atoms with Crippen LogP contribution in [0, 0.1) is 5.82 Å². The molecule has 1 saturated heterocycles. The minimum absolute atomic E-state index is 0.0388. The highest BCUT2D eigenvalue weighted by molar-refractivity contribution is 5.91. The molecule has 4 rings (SSSR count). The van der Waals surface area contributed by atoms with Crippen molar-refractivity contribution in [2.24, 2.45) is 0 Å². The summed E-state index contributed by atoms with van der Waals surface area (Å²) >= 11 is 0. The molecule has 1 fully saturated rings. The van der Waals surface area contributed by atoms with Crippen LogP contribution in [-0.2, 0) is 6.54 Å². The topological polar surface area (TPSA) is 53.7 Å². The van der Waals surface area contributed by atoms with Gasteiger partial charge < -0.3 is 9.52 Å². The van der Waals surface area contributed by atoms with Gasteiger partial charge in [0, 0.05) is 24.5 Å². The predicted octanol–water partition coefficient (Wildman–Crippen LogP) is 4.65. The minimum atomic E-state index is -1.06. The summed E-state index contributed by atoms with van der Waals surface area (Å²) in [5, 5.41) is 9.86. The fourth-order valence-corrected chi connectivity index (χ4v) is 3.83. The van der Waals surface area contributed by atoms with E-state index in [9.17, 15) is 9.18 Å². The molecule has 5 heteroatoms. The average Bonchev–Trinajstić information content (AvgIpc) is 3.19. The van der Waals surface area contributed by atoms with Gasteiger partial charge in [-0.1, -0.05) is 18.2 Å². The number of hydrogen-bond donors (Lipinski definition) is 1. The lowest BCUT2D eigenvalue weighted by Gasteiger charge is -2.21. The Morgan fingerprint density at radius 3 is 2.73 bits per heavy atom. The van der Waals surface area contributed by atoms with Gasteiger partial charge in [0.2, 0.25) is 5.76 Å². The third-order valence-electron chi connectivity index (χ3n) is 5.22.